The lowest BCUT2D eigenvalue weighted by molar-refractivity contribution is 0.0728. The van der Waals surface area contributed by atoms with Gasteiger partial charge < -0.3 is 23.7 Å². The summed E-state index contributed by atoms with van der Waals surface area (Å²) < 4.78 is 27.2. The van der Waals surface area contributed by atoms with Gasteiger partial charge in [-0.2, -0.15) is 0 Å². The van der Waals surface area contributed by atoms with Crippen molar-refractivity contribution in [3.8, 4) is 28.7 Å². The lowest BCUT2D eigenvalue weighted by atomic mass is 9.99. The van der Waals surface area contributed by atoms with Gasteiger partial charge in [-0.05, 0) is 53.4 Å². The van der Waals surface area contributed by atoms with Crippen molar-refractivity contribution in [2.45, 2.75) is 12.5 Å². The van der Waals surface area contributed by atoms with Crippen LogP contribution in [-0.2, 0) is 6.42 Å². The van der Waals surface area contributed by atoms with Crippen LogP contribution in [0.1, 0.15) is 33.1 Å². The molecule has 4 aromatic carbocycles. The Hall–Kier alpha value is -4.78. The number of carbonyl (C=O) groups is 1. The Kier molecular flexibility index (Phi) is 9.19. The van der Waals surface area contributed by atoms with Crippen molar-refractivity contribution in [2.75, 3.05) is 28.4 Å². The van der Waals surface area contributed by atoms with Crippen LogP contribution in [-0.4, -0.2) is 40.6 Å². The number of hydrogen-bond acceptors (Lipinski definition) is 7. The van der Waals surface area contributed by atoms with Gasteiger partial charge in [-0.15, -0.1) is 0 Å². The van der Waals surface area contributed by atoms with Crippen LogP contribution in [0.4, 0.5) is 0 Å². The van der Waals surface area contributed by atoms with Gasteiger partial charge >= 0.3 is 5.97 Å². The van der Waals surface area contributed by atoms with Crippen LogP contribution in [0.5, 0.6) is 28.7 Å². The van der Waals surface area contributed by atoms with E-state index in [1.807, 2.05) is 48.7 Å². The van der Waals surface area contributed by atoms with Gasteiger partial charge in [-0.1, -0.05) is 60.7 Å². The van der Waals surface area contributed by atoms with Crippen LogP contribution in [0.15, 0.2) is 96.0 Å². The highest BCUT2D eigenvalue weighted by atomic mass is 16.6. The zero-order chi connectivity index (χ0) is 27.6. The molecule has 7 nitrogen and oxygen atoms in total. The highest BCUT2D eigenvalue weighted by molar-refractivity contribution is 5.93. The number of nitrogens with zero attached hydrogens (tertiary/aromatic N) is 1. The van der Waals surface area contributed by atoms with Crippen molar-refractivity contribution in [2.24, 2.45) is 4.99 Å². The maximum Gasteiger partial charge on any atom is 0.343 e. The molecule has 0 unspecified atom stereocenters. The van der Waals surface area contributed by atoms with Gasteiger partial charge in [0.15, 0.2) is 23.0 Å². The van der Waals surface area contributed by atoms with Crippen LogP contribution in [0.2, 0.25) is 0 Å². The molecular formula is C32H31NO6. The number of ether oxygens (including phenoxy) is 5. The van der Waals surface area contributed by atoms with Crippen LogP contribution in [0.3, 0.4) is 0 Å². The molecule has 0 aliphatic carbocycles. The van der Waals surface area contributed by atoms with Gasteiger partial charge in [0.05, 0.1) is 40.0 Å². The Morgan fingerprint density at radius 1 is 0.718 bits per heavy atom. The summed E-state index contributed by atoms with van der Waals surface area (Å²) in [5.41, 5.74) is 3.38. The molecule has 1 atom stereocenters. The molecule has 4 aromatic rings. The molecule has 4 rings (SSSR count). The molecule has 0 N–H and O–H groups in total. The minimum atomic E-state index is -0.596. The summed E-state index contributed by atoms with van der Waals surface area (Å²) in [4.78, 5) is 17.9. The quantitative estimate of drug-likeness (QED) is 0.129. The number of hydrogen-bond donors (Lipinski definition) is 0. The second-order valence-electron chi connectivity index (χ2n) is 8.61. The fraction of sp³-hybridized carbons (Fsp3) is 0.188. The van der Waals surface area contributed by atoms with Crippen molar-refractivity contribution < 1.29 is 28.5 Å². The Bertz CT molecular complexity index is 1390. The molecule has 0 fully saturated rings. The van der Waals surface area contributed by atoms with Gasteiger partial charge in [0.1, 0.15) is 0 Å². The standard InChI is InChI=1S/C32H31NO6/c1-35-28-18-23(21-33-26(24-13-9-6-10-14-24)17-22-11-7-5-8-12-22)15-16-27(28)39-32(34)25-19-29(36-2)31(38-4)30(20-25)37-3/h5-16,18-21,26H,17H2,1-4H3/t26-/m0/s1. The van der Waals surface area contributed by atoms with E-state index in [0.29, 0.717) is 23.0 Å². The molecule has 200 valence electrons. The molecule has 39 heavy (non-hydrogen) atoms. The van der Waals surface area contributed by atoms with Crippen molar-refractivity contribution in [3.63, 3.8) is 0 Å². The normalized spacial score (nSPS) is 11.6. The third-order valence-electron chi connectivity index (χ3n) is 6.15. The maximum atomic E-state index is 13.0. The van der Waals surface area contributed by atoms with Gasteiger partial charge in [0.2, 0.25) is 5.75 Å². The Morgan fingerprint density at radius 3 is 1.92 bits per heavy atom. The largest absolute Gasteiger partial charge is 0.493 e. The molecule has 0 amide bonds. The molecule has 0 saturated heterocycles. The summed E-state index contributed by atoms with van der Waals surface area (Å²) in [6.07, 6.45) is 2.58. The first-order valence-corrected chi connectivity index (χ1v) is 12.4. The maximum absolute atomic E-state index is 13.0. The lowest BCUT2D eigenvalue weighted by Crippen LogP contribution is -2.10. The summed E-state index contributed by atoms with van der Waals surface area (Å²) in [5.74, 6) is 1.17. The first-order valence-electron chi connectivity index (χ1n) is 12.4. The van der Waals surface area contributed by atoms with E-state index >= 15 is 0 Å². The molecular weight excluding hydrogens is 494 g/mol. The summed E-state index contributed by atoms with van der Waals surface area (Å²) in [7, 11) is 5.99. The van der Waals surface area contributed by atoms with E-state index in [-0.39, 0.29) is 17.4 Å². The highest BCUT2D eigenvalue weighted by Crippen LogP contribution is 2.39. The fourth-order valence-corrected chi connectivity index (χ4v) is 4.15. The van der Waals surface area contributed by atoms with E-state index in [0.717, 1.165) is 17.5 Å². The van der Waals surface area contributed by atoms with Crippen molar-refractivity contribution in [1.82, 2.24) is 0 Å². The first-order chi connectivity index (χ1) is 19.1. The van der Waals surface area contributed by atoms with E-state index in [2.05, 4.69) is 24.3 Å². The predicted octanol–water partition coefficient (Wildman–Crippen LogP) is 6.34. The van der Waals surface area contributed by atoms with E-state index in [1.165, 1.54) is 46.1 Å². The smallest absolute Gasteiger partial charge is 0.343 e. The summed E-state index contributed by atoms with van der Waals surface area (Å²) in [5, 5.41) is 0. The SMILES string of the molecule is COc1cc(C=N[C@@H](Cc2ccccc2)c2ccccc2)ccc1OC(=O)c1cc(OC)c(OC)c(OC)c1. The Morgan fingerprint density at radius 2 is 1.33 bits per heavy atom. The second kappa shape index (κ2) is 13.1. The van der Waals surface area contributed by atoms with Crippen LogP contribution in [0, 0.1) is 0 Å². The topological polar surface area (TPSA) is 75.6 Å². The minimum absolute atomic E-state index is 0.0582. The molecule has 0 aliphatic heterocycles. The van der Waals surface area contributed by atoms with E-state index in [9.17, 15) is 4.79 Å². The molecule has 0 saturated carbocycles. The zero-order valence-corrected chi connectivity index (χ0v) is 22.4. The first kappa shape index (κ1) is 27.3. The van der Waals surface area contributed by atoms with E-state index in [1.54, 1.807) is 12.1 Å². The van der Waals surface area contributed by atoms with Crippen LogP contribution in [0.25, 0.3) is 0 Å². The highest BCUT2D eigenvalue weighted by Gasteiger charge is 2.20. The molecule has 0 heterocycles. The van der Waals surface area contributed by atoms with E-state index in [4.69, 9.17) is 28.7 Å². The third-order valence-corrected chi connectivity index (χ3v) is 6.15. The van der Waals surface area contributed by atoms with Crippen molar-refractivity contribution >= 4 is 12.2 Å². The lowest BCUT2D eigenvalue weighted by Gasteiger charge is -2.15. The molecule has 0 aromatic heterocycles. The zero-order valence-electron chi connectivity index (χ0n) is 22.4. The van der Waals surface area contributed by atoms with Crippen LogP contribution < -0.4 is 23.7 Å². The molecule has 0 aliphatic rings. The number of rotatable bonds is 11. The van der Waals surface area contributed by atoms with Gasteiger partial charge in [0, 0.05) is 6.21 Å². The molecule has 0 spiro atoms. The van der Waals surface area contributed by atoms with Gasteiger partial charge in [-0.3, -0.25) is 4.99 Å². The second-order valence-corrected chi connectivity index (χ2v) is 8.61. The average Bonchev–Trinajstić information content (AvgIpc) is 2.99. The van der Waals surface area contributed by atoms with Gasteiger partial charge in [-0.25, -0.2) is 4.79 Å². The van der Waals surface area contributed by atoms with E-state index < -0.39 is 5.97 Å². The third kappa shape index (κ3) is 6.76. The molecule has 7 heteroatoms. The fourth-order valence-electron chi connectivity index (χ4n) is 4.15. The average molecular weight is 526 g/mol. The molecule has 0 bridgehead atoms. The predicted molar refractivity (Wildman–Crippen MR) is 151 cm³/mol. The van der Waals surface area contributed by atoms with Crippen molar-refractivity contribution in [3.05, 3.63) is 113 Å². The summed E-state index contributed by atoms with van der Waals surface area (Å²) in [6.45, 7) is 0. The summed E-state index contributed by atoms with van der Waals surface area (Å²) in [6, 6.07) is 28.8. The molecule has 0 radical (unpaired) electrons. The monoisotopic (exact) mass is 525 g/mol. The Balaban J connectivity index is 1.56. The number of benzene rings is 4. The Labute approximate surface area is 228 Å². The van der Waals surface area contributed by atoms with Crippen molar-refractivity contribution in [1.29, 1.82) is 0 Å². The number of esters is 1. The van der Waals surface area contributed by atoms with Gasteiger partial charge in [0.25, 0.3) is 0 Å². The minimum Gasteiger partial charge on any atom is -0.493 e. The number of methoxy groups -OCH3 is 4. The van der Waals surface area contributed by atoms with Crippen LogP contribution >= 0.6 is 0 Å². The number of carbonyl (C=O) groups excluding carboxylic acids is 1. The summed E-state index contributed by atoms with van der Waals surface area (Å²) >= 11 is 0. The number of aliphatic imine (C=N–C) groups is 1.